The Morgan fingerprint density at radius 3 is 3.04 bits per heavy atom. The quantitative estimate of drug-likeness (QED) is 0.927. The number of aromatic nitrogens is 2. The van der Waals surface area contributed by atoms with Gasteiger partial charge in [-0.2, -0.15) is 4.98 Å². The van der Waals surface area contributed by atoms with Crippen LogP contribution in [0.15, 0.2) is 28.8 Å². The molecule has 0 saturated carbocycles. The van der Waals surface area contributed by atoms with Crippen molar-refractivity contribution in [1.82, 2.24) is 20.4 Å². The van der Waals surface area contributed by atoms with Gasteiger partial charge in [0.1, 0.15) is 0 Å². The molecule has 1 amide bonds. The smallest absolute Gasteiger partial charge is 0.227 e. The number of amides is 1. The van der Waals surface area contributed by atoms with E-state index >= 15 is 0 Å². The van der Waals surface area contributed by atoms with Gasteiger partial charge >= 0.3 is 0 Å². The standard InChI is InChI=1S/C16H19ClN4O2/c1-11-19-15(23-20-11)6-7-16(22)21-9-8-18-10-14(21)12-4-2-3-5-13(12)17/h2-5,14,18H,6-10H2,1H3. The Morgan fingerprint density at radius 1 is 1.48 bits per heavy atom. The molecule has 122 valence electrons. The van der Waals surface area contributed by atoms with Gasteiger partial charge in [0.05, 0.1) is 6.04 Å². The molecule has 1 N–H and O–H groups in total. The first-order valence-electron chi connectivity index (χ1n) is 7.69. The molecule has 0 spiro atoms. The molecule has 1 saturated heterocycles. The lowest BCUT2D eigenvalue weighted by Crippen LogP contribution is -2.48. The third kappa shape index (κ3) is 3.71. The SMILES string of the molecule is Cc1noc(CCC(=O)N2CCNCC2c2ccccc2Cl)n1. The summed E-state index contributed by atoms with van der Waals surface area (Å²) in [6, 6.07) is 7.62. The molecule has 0 bridgehead atoms. The van der Waals surface area contributed by atoms with Crippen molar-refractivity contribution in [2.75, 3.05) is 19.6 Å². The molecule has 7 heteroatoms. The Labute approximate surface area is 139 Å². The molecule has 0 radical (unpaired) electrons. The fourth-order valence-electron chi connectivity index (χ4n) is 2.83. The molecule has 1 aromatic heterocycles. The van der Waals surface area contributed by atoms with Crippen LogP contribution in [-0.4, -0.2) is 40.6 Å². The number of hydrogen-bond donors (Lipinski definition) is 1. The van der Waals surface area contributed by atoms with Crippen LogP contribution in [0.1, 0.15) is 29.7 Å². The van der Waals surface area contributed by atoms with Crippen LogP contribution in [0.3, 0.4) is 0 Å². The van der Waals surface area contributed by atoms with E-state index in [1.807, 2.05) is 29.2 Å². The highest BCUT2D eigenvalue weighted by atomic mass is 35.5. The maximum absolute atomic E-state index is 12.6. The van der Waals surface area contributed by atoms with Crippen LogP contribution in [0.2, 0.25) is 5.02 Å². The zero-order valence-electron chi connectivity index (χ0n) is 13.0. The number of nitrogens with zero attached hydrogens (tertiary/aromatic N) is 3. The lowest BCUT2D eigenvalue weighted by Gasteiger charge is -2.37. The average molecular weight is 335 g/mol. The Bertz CT molecular complexity index is 688. The van der Waals surface area contributed by atoms with Crippen molar-refractivity contribution in [3.8, 4) is 0 Å². The number of hydrogen-bond acceptors (Lipinski definition) is 5. The summed E-state index contributed by atoms with van der Waals surface area (Å²) in [6.07, 6.45) is 0.807. The van der Waals surface area contributed by atoms with E-state index in [2.05, 4.69) is 15.5 Å². The molecule has 1 unspecified atom stereocenters. The molecule has 0 aliphatic carbocycles. The van der Waals surface area contributed by atoms with Crippen molar-refractivity contribution in [3.63, 3.8) is 0 Å². The maximum Gasteiger partial charge on any atom is 0.227 e. The van der Waals surface area contributed by atoms with Gasteiger partial charge in [-0.15, -0.1) is 0 Å². The highest BCUT2D eigenvalue weighted by Crippen LogP contribution is 2.29. The molecule has 1 atom stereocenters. The van der Waals surface area contributed by atoms with Gasteiger partial charge in [-0.1, -0.05) is 35.0 Å². The largest absolute Gasteiger partial charge is 0.339 e. The van der Waals surface area contributed by atoms with Crippen LogP contribution in [0.4, 0.5) is 0 Å². The second kappa shape index (κ2) is 7.10. The maximum atomic E-state index is 12.6. The van der Waals surface area contributed by atoms with Gasteiger partial charge in [0, 0.05) is 37.5 Å². The van der Waals surface area contributed by atoms with Crippen molar-refractivity contribution in [3.05, 3.63) is 46.6 Å². The number of carbonyl (C=O) groups is 1. The molecule has 3 rings (SSSR count). The fourth-order valence-corrected chi connectivity index (χ4v) is 3.09. The monoisotopic (exact) mass is 334 g/mol. The van der Waals surface area contributed by atoms with E-state index in [-0.39, 0.29) is 11.9 Å². The molecule has 2 heterocycles. The van der Waals surface area contributed by atoms with Crippen LogP contribution in [0.25, 0.3) is 0 Å². The minimum atomic E-state index is -0.0469. The predicted molar refractivity (Wildman–Crippen MR) is 86.1 cm³/mol. The number of aryl methyl sites for hydroxylation is 2. The van der Waals surface area contributed by atoms with E-state index in [0.29, 0.717) is 42.7 Å². The number of piperazine rings is 1. The van der Waals surface area contributed by atoms with Gasteiger partial charge in [0.15, 0.2) is 5.82 Å². The minimum Gasteiger partial charge on any atom is -0.339 e. The van der Waals surface area contributed by atoms with Crippen molar-refractivity contribution >= 4 is 17.5 Å². The van der Waals surface area contributed by atoms with E-state index < -0.39 is 0 Å². The van der Waals surface area contributed by atoms with Crippen LogP contribution in [0, 0.1) is 6.92 Å². The van der Waals surface area contributed by atoms with E-state index in [1.165, 1.54) is 0 Å². The number of carbonyl (C=O) groups excluding carboxylic acids is 1. The topological polar surface area (TPSA) is 71.3 Å². The van der Waals surface area contributed by atoms with Gasteiger partial charge < -0.3 is 14.7 Å². The first-order chi connectivity index (χ1) is 11.1. The summed E-state index contributed by atoms with van der Waals surface area (Å²) in [5, 5.41) is 7.76. The molecular weight excluding hydrogens is 316 g/mol. The zero-order chi connectivity index (χ0) is 16.2. The molecular formula is C16H19ClN4O2. The van der Waals surface area contributed by atoms with Gasteiger partial charge in [0.25, 0.3) is 0 Å². The Hall–Kier alpha value is -1.92. The third-order valence-corrected chi connectivity index (χ3v) is 4.29. The Morgan fingerprint density at radius 2 is 2.30 bits per heavy atom. The van der Waals surface area contributed by atoms with Crippen LogP contribution in [-0.2, 0) is 11.2 Å². The number of nitrogens with one attached hydrogen (secondary N) is 1. The Balaban J connectivity index is 1.70. The summed E-state index contributed by atoms with van der Waals surface area (Å²) in [5.41, 5.74) is 0.975. The summed E-state index contributed by atoms with van der Waals surface area (Å²) in [7, 11) is 0. The van der Waals surface area contributed by atoms with Gasteiger partial charge in [0.2, 0.25) is 11.8 Å². The highest BCUT2D eigenvalue weighted by molar-refractivity contribution is 6.31. The predicted octanol–water partition coefficient (Wildman–Crippen LogP) is 2.14. The number of benzene rings is 1. The highest BCUT2D eigenvalue weighted by Gasteiger charge is 2.29. The van der Waals surface area contributed by atoms with Crippen molar-refractivity contribution < 1.29 is 9.32 Å². The fraction of sp³-hybridized carbons (Fsp3) is 0.438. The average Bonchev–Trinajstić information content (AvgIpc) is 2.99. The second-order valence-corrected chi connectivity index (χ2v) is 5.97. The summed E-state index contributed by atoms with van der Waals surface area (Å²) in [4.78, 5) is 18.7. The van der Waals surface area contributed by atoms with Crippen molar-refractivity contribution in [2.45, 2.75) is 25.8 Å². The summed E-state index contributed by atoms with van der Waals surface area (Å²) >= 11 is 6.30. The molecule has 1 aromatic carbocycles. The third-order valence-electron chi connectivity index (χ3n) is 3.95. The first kappa shape index (κ1) is 16.0. The van der Waals surface area contributed by atoms with E-state index in [1.54, 1.807) is 6.92 Å². The molecule has 6 nitrogen and oxygen atoms in total. The van der Waals surface area contributed by atoms with Gasteiger partial charge in [-0.3, -0.25) is 4.79 Å². The molecule has 1 aliphatic heterocycles. The minimum absolute atomic E-state index is 0.0469. The zero-order valence-corrected chi connectivity index (χ0v) is 13.7. The van der Waals surface area contributed by atoms with Crippen molar-refractivity contribution in [2.24, 2.45) is 0 Å². The van der Waals surface area contributed by atoms with E-state index in [4.69, 9.17) is 16.1 Å². The normalized spacial score (nSPS) is 18.2. The number of rotatable bonds is 4. The van der Waals surface area contributed by atoms with Crippen LogP contribution in [0.5, 0.6) is 0 Å². The summed E-state index contributed by atoms with van der Waals surface area (Å²) in [6.45, 7) is 3.91. The van der Waals surface area contributed by atoms with Crippen molar-refractivity contribution in [1.29, 1.82) is 0 Å². The molecule has 23 heavy (non-hydrogen) atoms. The van der Waals surface area contributed by atoms with E-state index in [0.717, 1.165) is 12.1 Å². The molecule has 1 aliphatic rings. The Kier molecular flexibility index (Phi) is 4.93. The van der Waals surface area contributed by atoms with Gasteiger partial charge in [-0.05, 0) is 18.6 Å². The lowest BCUT2D eigenvalue weighted by molar-refractivity contribution is -0.134. The van der Waals surface area contributed by atoms with Gasteiger partial charge in [-0.25, -0.2) is 0 Å². The number of halogens is 1. The first-order valence-corrected chi connectivity index (χ1v) is 8.07. The summed E-state index contributed by atoms with van der Waals surface area (Å²) < 4.78 is 5.07. The van der Waals surface area contributed by atoms with Crippen LogP contribution < -0.4 is 5.32 Å². The summed E-state index contributed by atoms with van der Waals surface area (Å²) in [5.74, 6) is 1.16. The lowest BCUT2D eigenvalue weighted by atomic mass is 10.0. The molecule has 1 fully saturated rings. The van der Waals surface area contributed by atoms with Crippen LogP contribution >= 0.6 is 11.6 Å². The van der Waals surface area contributed by atoms with E-state index in [9.17, 15) is 4.79 Å². The second-order valence-electron chi connectivity index (χ2n) is 5.56. The molecule has 2 aromatic rings.